The van der Waals surface area contributed by atoms with E-state index in [1.165, 1.54) is 43.2 Å². The van der Waals surface area contributed by atoms with Gasteiger partial charge < -0.3 is 9.84 Å². The van der Waals surface area contributed by atoms with Crippen molar-refractivity contribution in [2.75, 3.05) is 7.11 Å². The minimum absolute atomic E-state index is 0.0665. The van der Waals surface area contributed by atoms with Gasteiger partial charge in [-0.05, 0) is 42.0 Å². The first-order valence-corrected chi connectivity index (χ1v) is 7.93. The van der Waals surface area contributed by atoms with Crippen molar-refractivity contribution in [1.29, 1.82) is 0 Å². The molecule has 1 aromatic carbocycles. The van der Waals surface area contributed by atoms with E-state index in [4.69, 9.17) is 9.84 Å². The second-order valence-corrected chi connectivity index (χ2v) is 5.71. The molecule has 0 amide bonds. The van der Waals surface area contributed by atoms with Gasteiger partial charge in [0.2, 0.25) is 0 Å². The predicted octanol–water partition coefficient (Wildman–Crippen LogP) is 4.69. The molecule has 3 nitrogen and oxygen atoms in total. The molecule has 0 unspecified atom stereocenters. The lowest BCUT2D eigenvalue weighted by atomic mass is 9.80. The predicted molar refractivity (Wildman–Crippen MR) is 88.9 cm³/mol. The molecule has 3 heteroatoms. The molecule has 1 aliphatic rings. The van der Waals surface area contributed by atoms with Crippen LogP contribution in [0.15, 0.2) is 42.5 Å². The number of carbonyl (C=O) groups is 1. The summed E-state index contributed by atoms with van der Waals surface area (Å²) in [5.41, 5.74) is 2.51. The third-order valence-electron chi connectivity index (χ3n) is 4.17. The van der Waals surface area contributed by atoms with Crippen molar-refractivity contribution in [3.8, 4) is 5.75 Å². The molecule has 0 radical (unpaired) electrons. The van der Waals surface area contributed by atoms with Gasteiger partial charge in [0.1, 0.15) is 5.75 Å². The van der Waals surface area contributed by atoms with E-state index in [-0.39, 0.29) is 6.42 Å². The summed E-state index contributed by atoms with van der Waals surface area (Å²) in [6.07, 6.45) is 12.0. The van der Waals surface area contributed by atoms with Crippen LogP contribution in [-0.2, 0) is 4.79 Å². The van der Waals surface area contributed by atoms with Crippen molar-refractivity contribution in [3.05, 3.63) is 48.1 Å². The number of ether oxygens (including phenoxy) is 1. The average Bonchev–Trinajstić information content (AvgIpc) is 2.56. The van der Waals surface area contributed by atoms with E-state index in [9.17, 15) is 4.79 Å². The summed E-state index contributed by atoms with van der Waals surface area (Å²) in [5.74, 6) is 0.623. The zero-order valence-electron chi connectivity index (χ0n) is 13.1. The number of aliphatic carboxylic acids is 1. The Morgan fingerprint density at radius 2 is 1.91 bits per heavy atom. The van der Waals surface area contributed by atoms with Crippen molar-refractivity contribution in [1.82, 2.24) is 0 Å². The summed E-state index contributed by atoms with van der Waals surface area (Å²) in [4.78, 5) is 10.6. The van der Waals surface area contributed by atoms with Gasteiger partial charge in [0.05, 0.1) is 13.5 Å². The average molecular weight is 300 g/mol. The summed E-state index contributed by atoms with van der Waals surface area (Å²) in [7, 11) is 1.67. The van der Waals surface area contributed by atoms with Crippen LogP contribution in [0.3, 0.4) is 0 Å². The summed E-state index contributed by atoms with van der Waals surface area (Å²) in [5, 5.41) is 8.72. The molecule has 0 aromatic heterocycles. The molecule has 0 spiro atoms. The molecule has 1 aliphatic carbocycles. The van der Waals surface area contributed by atoms with Crippen LogP contribution in [-0.4, -0.2) is 18.2 Å². The molecule has 2 rings (SSSR count). The zero-order valence-corrected chi connectivity index (χ0v) is 13.1. The van der Waals surface area contributed by atoms with Gasteiger partial charge in [-0.1, -0.05) is 49.6 Å². The molecule has 0 saturated heterocycles. The largest absolute Gasteiger partial charge is 0.497 e. The van der Waals surface area contributed by atoms with Crippen molar-refractivity contribution in [2.24, 2.45) is 5.92 Å². The molecule has 0 aliphatic heterocycles. The highest BCUT2D eigenvalue weighted by atomic mass is 16.5. The van der Waals surface area contributed by atoms with Gasteiger partial charge >= 0.3 is 5.97 Å². The fourth-order valence-electron chi connectivity index (χ4n) is 3.01. The lowest BCUT2D eigenvalue weighted by molar-refractivity contribution is -0.136. The number of allylic oxidation sites excluding steroid dienone is 3. The van der Waals surface area contributed by atoms with E-state index in [0.717, 1.165) is 5.75 Å². The highest BCUT2D eigenvalue weighted by Crippen LogP contribution is 2.35. The second-order valence-electron chi connectivity index (χ2n) is 5.71. The van der Waals surface area contributed by atoms with Gasteiger partial charge in [-0.15, -0.1) is 0 Å². The fraction of sp³-hybridized carbons (Fsp3) is 0.421. The van der Waals surface area contributed by atoms with E-state index >= 15 is 0 Å². The van der Waals surface area contributed by atoms with Crippen LogP contribution >= 0.6 is 0 Å². The molecule has 1 N–H and O–H groups in total. The number of hydrogen-bond donors (Lipinski definition) is 1. The molecule has 1 aromatic rings. The SMILES string of the molecule is COc1ccc(/C(=C/C=C/CC(=O)O)C2CCCCC2)cc1. The Kier molecular flexibility index (Phi) is 6.26. The Morgan fingerprint density at radius 3 is 2.50 bits per heavy atom. The van der Waals surface area contributed by atoms with E-state index in [0.29, 0.717) is 5.92 Å². The zero-order chi connectivity index (χ0) is 15.8. The lowest BCUT2D eigenvalue weighted by Crippen LogP contribution is -2.08. The highest BCUT2D eigenvalue weighted by molar-refractivity contribution is 5.71. The van der Waals surface area contributed by atoms with Crippen LogP contribution in [0.1, 0.15) is 44.1 Å². The maximum Gasteiger partial charge on any atom is 0.307 e. The first-order valence-electron chi connectivity index (χ1n) is 7.93. The third kappa shape index (κ3) is 4.76. The van der Waals surface area contributed by atoms with Crippen LogP contribution in [0, 0.1) is 5.92 Å². The van der Waals surface area contributed by atoms with Crippen LogP contribution in [0.4, 0.5) is 0 Å². The van der Waals surface area contributed by atoms with Crippen LogP contribution < -0.4 is 4.74 Å². The standard InChI is InChI=1S/C19H24O3/c1-22-17-13-11-16(12-14-17)18(9-5-6-10-19(20)21)15-7-3-2-4-8-15/h5-6,9,11-15H,2-4,7-8,10H2,1H3,(H,20,21)/b6-5+,18-9+. The number of benzene rings is 1. The van der Waals surface area contributed by atoms with Crippen LogP contribution in [0.2, 0.25) is 0 Å². The van der Waals surface area contributed by atoms with E-state index < -0.39 is 5.97 Å². The number of carboxylic acid groups (broad SMARTS) is 1. The Bertz CT molecular complexity index is 534. The van der Waals surface area contributed by atoms with Crippen molar-refractivity contribution in [2.45, 2.75) is 38.5 Å². The van der Waals surface area contributed by atoms with E-state index in [1.54, 1.807) is 13.2 Å². The summed E-state index contributed by atoms with van der Waals surface area (Å²) < 4.78 is 5.22. The maximum atomic E-state index is 10.6. The summed E-state index contributed by atoms with van der Waals surface area (Å²) in [6, 6.07) is 8.13. The Labute approximate surface area is 132 Å². The number of rotatable bonds is 6. The van der Waals surface area contributed by atoms with Gasteiger partial charge in [-0.25, -0.2) is 0 Å². The van der Waals surface area contributed by atoms with Crippen molar-refractivity contribution < 1.29 is 14.6 Å². The molecule has 0 atom stereocenters. The van der Waals surface area contributed by atoms with Crippen LogP contribution in [0.5, 0.6) is 5.75 Å². The monoisotopic (exact) mass is 300 g/mol. The first kappa shape index (κ1) is 16.3. The molecule has 1 saturated carbocycles. The van der Waals surface area contributed by atoms with Gasteiger partial charge in [0.25, 0.3) is 0 Å². The van der Waals surface area contributed by atoms with Crippen molar-refractivity contribution >= 4 is 11.5 Å². The first-order chi connectivity index (χ1) is 10.7. The molecular weight excluding hydrogens is 276 g/mol. The Balaban J connectivity index is 2.20. The van der Waals surface area contributed by atoms with Gasteiger partial charge in [0.15, 0.2) is 0 Å². The third-order valence-corrected chi connectivity index (χ3v) is 4.17. The summed E-state index contributed by atoms with van der Waals surface area (Å²) in [6.45, 7) is 0. The minimum Gasteiger partial charge on any atom is -0.497 e. The smallest absolute Gasteiger partial charge is 0.307 e. The molecule has 118 valence electrons. The van der Waals surface area contributed by atoms with Gasteiger partial charge in [-0.2, -0.15) is 0 Å². The lowest BCUT2D eigenvalue weighted by Gasteiger charge is -2.25. The maximum absolute atomic E-state index is 10.6. The van der Waals surface area contributed by atoms with E-state index in [1.807, 2.05) is 18.2 Å². The van der Waals surface area contributed by atoms with Gasteiger partial charge in [0, 0.05) is 0 Å². The quantitative estimate of drug-likeness (QED) is 0.775. The fourth-order valence-corrected chi connectivity index (χ4v) is 3.01. The van der Waals surface area contributed by atoms with Gasteiger partial charge in [-0.3, -0.25) is 4.79 Å². The topological polar surface area (TPSA) is 46.5 Å². The normalized spacial score (nSPS) is 16.9. The Hall–Kier alpha value is -2.03. The summed E-state index contributed by atoms with van der Waals surface area (Å²) >= 11 is 0. The second kappa shape index (κ2) is 8.42. The van der Waals surface area contributed by atoms with E-state index in [2.05, 4.69) is 18.2 Å². The Morgan fingerprint density at radius 1 is 1.23 bits per heavy atom. The van der Waals surface area contributed by atoms with Crippen molar-refractivity contribution in [3.63, 3.8) is 0 Å². The van der Waals surface area contributed by atoms with Crippen LogP contribution in [0.25, 0.3) is 5.57 Å². The minimum atomic E-state index is -0.798. The molecule has 0 heterocycles. The highest BCUT2D eigenvalue weighted by Gasteiger charge is 2.18. The number of carboxylic acids is 1. The molecule has 0 bridgehead atoms. The molecule has 1 fully saturated rings. The number of hydrogen-bond acceptors (Lipinski definition) is 2. The number of methoxy groups -OCH3 is 1. The molecule has 22 heavy (non-hydrogen) atoms. The molecular formula is C19H24O3.